The summed E-state index contributed by atoms with van der Waals surface area (Å²) in [6, 6.07) is 0. The lowest BCUT2D eigenvalue weighted by atomic mass is 9.54. The van der Waals surface area contributed by atoms with Crippen LogP contribution in [0.2, 0.25) is 0 Å². The average Bonchev–Trinajstić information content (AvgIpc) is 3.39. The van der Waals surface area contributed by atoms with Gasteiger partial charge in [-0.3, -0.25) is 9.59 Å². The number of aliphatic hydroxyl groups excluding tert-OH is 1. The zero-order valence-electron chi connectivity index (χ0n) is 15.0. The molecule has 4 aliphatic carbocycles. The second kappa shape index (κ2) is 6.24. The Morgan fingerprint density at radius 2 is 2.04 bits per heavy atom. The van der Waals surface area contributed by atoms with Crippen LogP contribution in [0, 0.1) is 17.3 Å². The average molecular weight is 341 g/mol. The summed E-state index contributed by atoms with van der Waals surface area (Å²) in [4.78, 5) is 26.9. The molecule has 0 aromatic carbocycles. The van der Waals surface area contributed by atoms with Gasteiger partial charge < -0.3 is 10.0 Å². The lowest BCUT2D eigenvalue weighted by Gasteiger charge is -2.49. The Morgan fingerprint density at radius 1 is 1.24 bits per heavy atom. The van der Waals surface area contributed by atoms with Crippen LogP contribution >= 0.6 is 0 Å². The van der Waals surface area contributed by atoms with E-state index in [4.69, 9.17) is 0 Å². The van der Waals surface area contributed by atoms with Crippen LogP contribution in [0.4, 0.5) is 0 Å². The van der Waals surface area contributed by atoms with E-state index in [-0.39, 0.29) is 22.7 Å². The van der Waals surface area contributed by atoms with Crippen LogP contribution in [0.5, 0.6) is 0 Å². The molecular weight excluding hydrogens is 314 g/mol. The third kappa shape index (κ3) is 3.01. The Hall–Kier alpha value is -1.68. The van der Waals surface area contributed by atoms with Crippen molar-refractivity contribution < 1.29 is 14.7 Å². The number of carbonyl (C=O) groups excluding carboxylic acids is 2. The van der Waals surface area contributed by atoms with Crippen LogP contribution in [0.15, 0.2) is 35.1 Å². The van der Waals surface area contributed by atoms with Crippen LogP contribution in [0.1, 0.15) is 44.9 Å². The standard InChI is InChI=1S/C21H27NO3/c1-22(13-14-2-3-14)11-10-21-12-17(23)8-7-16(21)6-4-15-5-9-18(24)20(25)19(15)21/h4-5,9,14,16,25H,2-3,6-8,10-13H2,1H3. The molecule has 2 unspecified atom stereocenters. The van der Waals surface area contributed by atoms with Gasteiger partial charge in [0.2, 0.25) is 5.78 Å². The highest BCUT2D eigenvalue weighted by molar-refractivity contribution is 6.05. The van der Waals surface area contributed by atoms with E-state index in [1.54, 1.807) is 0 Å². The fraction of sp³-hybridized carbons (Fsp3) is 0.619. The minimum atomic E-state index is -0.373. The number of aliphatic hydroxyl groups is 1. The lowest BCUT2D eigenvalue weighted by Crippen LogP contribution is -2.45. The van der Waals surface area contributed by atoms with Crippen molar-refractivity contribution in [3.8, 4) is 0 Å². The van der Waals surface area contributed by atoms with Crippen LogP contribution in [0.25, 0.3) is 0 Å². The lowest BCUT2D eigenvalue weighted by molar-refractivity contribution is -0.125. The fourth-order valence-corrected chi connectivity index (χ4v) is 5.02. The third-order valence-corrected chi connectivity index (χ3v) is 6.57. The zero-order chi connectivity index (χ0) is 17.6. The van der Waals surface area contributed by atoms with Crippen molar-refractivity contribution in [2.45, 2.75) is 44.9 Å². The highest BCUT2D eigenvalue weighted by Crippen LogP contribution is 2.56. The molecule has 0 saturated heterocycles. The topological polar surface area (TPSA) is 57.6 Å². The maximum atomic E-state index is 12.4. The van der Waals surface area contributed by atoms with Crippen LogP contribution < -0.4 is 0 Å². The third-order valence-electron chi connectivity index (χ3n) is 6.57. The van der Waals surface area contributed by atoms with Gasteiger partial charge in [0.15, 0.2) is 5.76 Å². The normalized spacial score (nSPS) is 31.9. The summed E-state index contributed by atoms with van der Waals surface area (Å²) in [5.41, 5.74) is 1.33. The summed E-state index contributed by atoms with van der Waals surface area (Å²) >= 11 is 0. The first kappa shape index (κ1) is 16.8. The van der Waals surface area contributed by atoms with E-state index in [0.717, 1.165) is 49.4 Å². The van der Waals surface area contributed by atoms with Crippen molar-refractivity contribution in [2.24, 2.45) is 17.3 Å². The highest BCUT2D eigenvalue weighted by Gasteiger charge is 2.50. The van der Waals surface area contributed by atoms with E-state index in [9.17, 15) is 14.7 Å². The fourth-order valence-electron chi connectivity index (χ4n) is 5.02. The molecule has 4 aliphatic rings. The van der Waals surface area contributed by atoms with Gasteiger partial charge in [-0.2, -0.15) is 0 Å². The van der Waals surface area contributed by atoms with Crippen molar-refractivity contribution in [3.05, 3.63) is 35.1 Å². The van der Waals surface area contributed by atoms with Crippen LogP contribution in [0.3, 0.4) is 0 Å². The van der Waals surface area contributed by atoms with E-state index < -0.39 is 0 Å². The summed E-state index contributed by atoms with van der Waals surface area (Å²) in [5.74, 6) is 0.999. The van der Waals surface area contributed by atoms with Gasteiger partial charge in [0.25, 0.3) is 0 Å². The molecule has 0 aromatic heterocycles. The summed E-state index contributed by atoms with van der Waals surface area (Å²) in [6.45, 7) is 2.02. The first-order valence-electron chi connectivity index (χ1n) is 9.56. The zero-order valence-corrected chi connectivity index (χ0v) is 15.0. The van der Waals surface area contributed by atoms with E-state index >= 15 is 0 Å². The predicted molar refractivity (Wildman–Crippen MR) is 96.1 cm³/mol. The maximum absolute atomic E-state index is 12.4. The van der Waals surface area contributed by atoms with E-state index in [2.05, 4.69) is 18.0 Å². The number of ketones is 2. The molecule has 2 saturated carbocycles. The SMILES string of the molecule is CN(CCC12CC(=O)CCC1CC=C1C=CC(=O)C(O)=C12)CC1CC1. The molecule has 0 radical (unpaired) electrons. The van der Waals surface area contributed by atoms with Crippen molar-refractivity contribution in [2.75, 3.05) is 20.1 Å². The molecule has 1 N–H and O–H groups in total. The molecule has 4 heteroatoms. The summed E-state index contributed by atoms with van der Waals surface area (Å²) in [5, 5.41) is 10.6. The maximum Gasteiger partial charge on any atom is 0.220 e. The Labute approximate surface area is 149 Å². The van der Waals surface area contributed by atoms with Gasteiger partial charge >= 0.3 is 0 Å². The molecular formula is C21H27NO3. The van der Waals surface area contributed by atoms with Gasteiger partial charge in [-0.15, -0.1) is 0 Å². The summed E-state index contributed by atoms with van der Waals surface area (Å²) in [7, 11) is 2.15. The van der Waals surface area contributed by atoms with Crippen molar-refractivity contribution in [1.82, 2.24) is 4.90 Å². The van der Waals surface area contributed by atoms with E-state index in [1.165, 1.54) is 18.9 Å². The second-order valence-electron chi connectivity index (χ2n) is 8.38. The number of fused-ring (bicyclic) bond motifs is 3. The molecule has 4 rings (SSSR count). The minimum absolute atomic E-state index is 0.127. The molecule has 0 aliphatic heterocycles. The molecule has 2 atom stereocenters. The molecule has 2 fully saturated rings. The number of allylic oxidation sites excluding steroid dienone is 5. The highest BCUT2D eigenvalue weighted by atomic mass is 16.3. The summed E-state index contributed by atoms with van der Waals surface area (Å²) < 4.78 is 0. The monoisotopic (exact) mass is 341 g/mol. The van der Waals surface area contributed by atoms with E-state index in [0.29, 0.717) is 18.8 Å². The molecule has 0 spiro atoms. The van der Waals surface area contributed by atoms with Crippen LogP contribution in [-0.2, 0) is 9.59 Å². The van der Waals surface area contributed by atoms with Crippen LogP contribution in [-0.4, -0.2) is 41.7 Å². The Balaban J connectivity index is 1.67. The number of hydrogen-bond acceptors (Lipinski definition) is 4. The molecule has 25 heavy (non-hydrogen) atoms. The molecule has 4 nitrogen and oxygen atoms in total. The smallest absolute Gasteiger partial charge is 0.220 e. The predicted octanol–water partition coefficient (Wildman–Crippen LogP) is 3.36. The minimum Gasteiger partial charge on any atom is -0.504 e. The molecule has 0 amide bonds. The summed E-state index contributed by atoms with van der Waals surface area (Å²) in [6.07, 6.45) is 11.8. The first-order chi connectivity index (χ1) is 12.0. The van der Waals surface area contributed by atoms with Gasteiger partial charge in [-0.05, 0) is 69.2 Å². The quantitative estimate of drug-likeness (QED) is 0.833. The second-order valence-corrected chi connectivity index (χ2v) is 8.38. The van der Waals surface area contributed by atoms with Gasteiger partial charge in [0, 0.05) is 30.4 Å². The Kier molecular flexibility index (Phi) is 4.19. The largest absolute Gasteiger partial charge is 0.504 e. The molecule has 0 aromatic rings. The van der Waals surface area contributed by atoms with Crippen molar-refractivity contribution >= 4 is 11.6 Å². The first-order valence-corrected chi connectivity index (χ1v) is 9.56. The van der Waals surface area contributed by atoms with Gasteiger partial charge in [0.1, 0.15) is 5.78 Å². The Morgan fingerprint density at radius 3 is 2.80 bits per heavy atom. The molecule has 134 valence electrons. The number of hydrogen-bond donors (Lipinski definition) is 1. The van der Waals surface area contributed by atoms with Crippen molar-refractivity contribution in [3.63, 3.8) is 0 Å². The number of rotatable bonds is 5. The van der Waals surface area contributed by atoms with E-state index in [1.807, 2.05) is 6.08 Å². The molecule has 0 bridgehead atoms. The van der Waals surface area contributed by atoms with Gasteiger partial charge in [-0.25, -0.2) is 0 Å². The number of nitrogens with zero attached hydrogens (tertiary/aromatic N) is 1. The van der Waals surface area contributed by atoms with Gasteiger partial charge in [-0.1, -0.05) is 12.2 Å². The Bertz CT molecular complexity index is 698. The molecule has 0 heterocycles. The van der Waals surface area contributed by atoms with Gasteiger partial charge in [0.05, 0.1) is 0 Å². The number of Topliss-reactive ketones (excluding diaryl/α,β-unsaturated/α-hetero) is 1. The van der Waals surface area contributed by atoms with Crippen molar-refractivity contribution in [1.29, 1.82) is 0 Å². The number of carbonyl (C=O) groups is 2.